The van der Waals surface area contributed by atoms with Crippen LogP contribution < -0.4 is 5.32 Å². The summed E-state index contributed by atoms with van der Waals surface area (Å²) in [5.74, 6) is 0. The molecule has 0 amide bonds. The minimum atomic E-state index is 0.724. The maximum atomic E-state index is 4.20. The van der Waals surface area contributed by atoms with E-state index >= 15 is 0 Å². The van der Waals surface area contributed by atoms with Crippen molar-refractivity contribution < 1.29 is 0 Å². The monoisotopic (exact) mass is 207 g/mol. The molecule has 2 heterocycles. The Morgan fingerprint density at radius 1 is 1.47 bits per heavy atom. The molecule has 1 aliphatic heterocycles. The average molecular weight is 207 g/mol. The molecule has 1 saturated heterocycles. The van der Waals surface area contributed by atoms with Gasteiger partial charge >= 0.3 is 0 Å². The van der Waals surface area contributed by atoms with Gasteiger partial charge in [-0.2, -0.15) is 5.10 Å². The lowest BCUT2D eigenvalue weighted by Gasteiger charge is -2.15. The summed E-state index contributed by atoms with van der Waals surface area (Å²) < 4.78 is 1.98. The zero-order chi connectivity index (χ0) is 10.5. The van der Waals surface area contributed by atoms with Gasteiger partial charge in [-0.25, -0.2) is 0 Å². The summed E-state index contributed by atoms with van der Waals surface area (Å²) >= 11 is 0. The largest absolute Gasteiger partial charge is 0.314 e. The first kappa shape index (κ1) is 10.7. The van der Waals surface area contributed by atoms with E-state index in [2.05, 4.69) is 16.5 Å². The molecule has 1 aliphatic rings. The maximum absolute atomic E-state index is 4.20. The predicted octanol–water partition coefficient (Wildman–Crippen LogP) is 1.88. The molecule has 1 N–H and O–H groups in total. The minimum Gasteiger partial charge on any atom is -0.314 e. The second-order valence-electron chi connectivity index (χ2n) is 4.49. The highest BCUT2D eigenvalue weighted by Gasteiger charge is 2.11. The quantitative estimate of drug-likeness (QED) is 0.820. The zero-order valence-corrected chi connectivity index (χ0v) is 9.58. The van der Waals surface area contributed by atoms with E-state index in [-0.39, 0.29) is 0 Å². The number of aromatic nitrogens is 2. The minimum absolute atomic E-state index is 0.724. The number of nitrogens with one attached hydrogen (secondary N) is 1. The zero-order valence-electron chi connectivity index (χ0n) is 9.58. The highest BCUT2D eigenvalue weighted by atomic mass is 15.2. The Balaban J connectivity index is 1.79. The first-order valence-corrected chi connectivity index (χ1v) is 6.06. The van der Waals surface area contributed by atoms with Crippen molar-refractivity contribution in [2.24, 2.45) is 7.05 Å². The summed E-state index contributed by atoms with van der Waals surface area (Å²) in [5, 5.41) is 7.83. The van der Waals surface area contributed by atoms with Crippen LogP contribution in [0.3, 0.4) is 0 Å². The standard InChI is InChI=1S/C12H21N3/c1-15-12(8-10-14-15)7-6-11-5-3-2-4-9-13-11/h8,10-11,13H,2-7,9H2,1H3. The maximum Gasteiger partial charge on any atom is 0.0492 e. The molecule has 0 saturated carbocycles. The molecule has 0 radical (unpaired) electrons. The molecular weight excluding hydrogens is 186 g/mol. The fraction of sp³-hybridized carbons (Fsp3) is 0.750. The molecule has 1 atom stereocenters. The van der Waals surface area contributed by atoms with Crippen LogP contribution in [0.1, 0.15) is 37.8 Å². The number of rotatable bonds is 3. The lowest BCUT2D eigenvalue weighted by molar-refractivity contribution is 0.472. The number of aryl methyl sites for hydroxylation is 2. The van der Waals surface area contributed by atoms with E-state index in [1.165, 1.54) is 44.3 Å². The van der Waals surface area contributed by atoms with Crippen LogP contribution in [0.4, 0.5) is 0 Å². The van der Waals surface area contributed by atoms with Gasteiger partial charge in [0.15, 0.2) is 0 Å². The van der Waals surface area contributed by atoms with Crippen LogP contribution in [-0.4, -0.2) is 22.4 Å². The van der Waals surface area contributed by atoms with Gasteiger partial charge in [-0.05, 0) is 38.3 Å². The Hall–Kier alpha value is -0.830. The second kappa shape index (κ2) is 5.31. The molecule has 0 bridgehead atoms. The van der Waals surface area contributed by atoms with Crippen molar-refractivity contribution in [3.63, 3.8) is 0 Å². The molecule has 0 aliphatic carbocycles. The van der Waals surface area contributed by atoms with Crippen molar-refractivity contribution in [1.29, 1.82) is 0 Å². The first-order chi connectivity index (χ1) is 7.36. The lowest BCUT2D eigenvalue weighted by Crippen LogP contribution is -2.28. The molecule has 0 aromatic carbocycles. The van der Waals surface area contributed by atoms with Crippen molar-refractivity contribution in [1.82, 2.24) is 15.1 Å². The summed E-state index contributed by atoms with van der Waals surface area (Å²) in [7, 11) is 2.02. The summed E-state index contributed by atoms with van der Waals surface area (Å²) in [4.78, 5) is 0. The Kier molecular flexibility index (Phi) is 3.78. The van der Waals surface area contributed by atoms with Crippen molar-refractivity contribution in [2.75, 3.05) is 6.54 Å². The first-order valence-electron chi connectivity index (χ1n) is 6.06. The molecule has 0 spiro atoms. The SMILES string of the molecule is Cn1nccc1CCC1CCCCCN1. The van der Waals surface area contributed by atoms with Crippen molar-refractivity contribution in [3.05, 3.63) is 18.0 Å². The molecule has 3 heteroatoms. The molecule has 2 rings (SSSR count). The number of hydrogen-bond acceptors (Lipinski definition) is 2. The van der Waals surface area contributed by atoms with E-state index in [1.807, 2.05) is 17.9 Å². The average Bonchev–Trinajstić information content (AvgIpc) is 2.53. The Morgan fingerprint density at radius 2 is 2.40 bits per heavy atom. The fourth-order valence-corrected chi connectivity index (χ4v) is 2.32. The van der Waals surface area contributed by atoms with Gasteiger partial charge in [0.25, 0.3) is 0 Å². The third kappa shape index (κ3) is 3.06. The smallest absolute Gasteiger partial charge is 0.0492 e. The molecule has 84 valence electrons. The fourth-order valence-electron chi connectivity index (χ4n) is 2.32. The van der Waals surface area contributed by atoms with E-state index in [9.17, 15) is 0 Å². The van der Waals surface area contributed by atoms with Gasteiger partial charge in [0.2, 0.25) is 0 Å². The van der Waals surface area contributed by atoms with E-state index in [1.54, 1.807) is 0 Å². The van der Waals surface area contributed by atoms with Crippen LogP contribution >= 0.6 is 0 Å². The van der Waals surface area contributed by atoms with Crippen LogP contribution in [0.5, 0.6) is 0 Å². The van der Waals surface area contributed by atoms with Gasteiger partial charge in [0, 0.05) is 25.0 Å². The molecule has 3 nitrogen and oxygen atoms in total. The third-order valence-corrected chi connectivity index (χ3v) is 3.33. The lowest BCUT2D eigenvalue weighted by atomic mass is 10.0. The van der Waals surface area contributed by atoms with Crippen molar-refractivity contribution in [2.45, 2.75) is 44.6 Å². The topological polar surface area (TPSA) is 29.9 Å². The highest BCUT2D eigenvalue weighted by molar-refractivity contribution is 5.00. The molecule has 1 aromatic rings. The van der Waals surface area contributed by atoms with Crippen LogP contribution in [0.25, 0.3) is 0 Å². The number of hydrogen-bond donors (Lipinski definition) is 1. The summed E-state index contributed by atoms with van der Waals surface area (Å²) in [6.45, 7) is 1.20. The van der Waals surface area contributed by atoms with Crippen LogP contribution in [0.2, 0.25) is 0 Å². The van der Waals surface area contributed by atoms with Crippen molar-refractivity contribution >= 4 is 0 Å². The van der Waals surface area contributed by atoms with Gasteiger partial charge in [-0.1, -0.05) is 12.8 Å². The van der Waals surface area contributed by atoms with E-state index in [4.69, 9.17) is 0 Å². The predicted molar refractivity (Wildman–Crippen MR) is 61.8 cm³/mol. The van der Waals surface area contributed by atoms with Gasteiger partial charge in [0.05, 0.1) is 0 Å². The van der Waals surface area contributed by atoms with Crippen LogP contribution in [0, 0.1) is 0 Å². The third-order valence-electron chi connectivity index (χ3n) is 3.33. The summed E-state index contributed by atoms with van der Waals surface area (Å²) in [6, 6.07) is 2.85. The van der Waals surface area contributed by atoms with E-state index < -0.39 is 0 Å². The second-order valence-corrected chi connectivity index (χ2v) is 4.49. The molecular formula is C12H21N3. The molecule has 1 aromatic heterocycles. The van der Waals surface area contributed by atoms with Gasteiger partial charge in [0.1, 0.15) is 0 Å². The van der Waals surface area contributed by atoms with Gasteiger partial charge in [-0.15, -0.1) is 0 Å². The highest BCUT2D eigenvalue weighted by Crippen LogP contribution is 2.13. The van der Waals surface area contributed by atoms with Crippen LogP contribution in [0.15, 0.2) is 12.3 Å². The number of nitrogens with zero attached hydrogens (tertiary/aromatic N) is 2. The van der Waals surface area contributed by atoms with Gasteiger partial charge < -0.3 is 5.32 Å². The van der Waals surface area contributed by atoms with Crippen LogP contribution in [-0.2, 0) is 13.5 Å². The Bertz CT molecular complexity index is 285. The van der Waals surface area contributed by atoms with Crippen molar-refractivity contribution in [3.8, 4) is 0 Å². The molecule has 1 unspecified atom stereocenters. The normalized spacial score (nSPS) is 22.6. The molecule has 1 fully saturated rings. The Labute approximate surface area is 91.9 Å². The van der Waals surface area contributed by atoms with Gasteiger partial charge in [-0.3, -0.25) is 4.68 Å². The molecule has 15 heavy (non-hydrogen) atoms. The summed E-state index contributed by atoms with van der Waals surface area (Å²) in [6.07, 6.45) is 9.77. The van der Waals surface area contributed by atoms with E-state index in [0.717, 1.165) is 12.5 Å². The van der Waals surface area contributed by atoms with E-state index in [0.29, 0.717) is 0 Å². The Morgan fingerprint density at radius 3 is 3.20 bits per heavy atom. The summed E-state index contributed by atoms with van der Waals surface area (Å²) in [5.41, 5.74) is 1.35.